The summed E-state index contributed by atoms with van der Waals surface area (Å²) in [6.45, 7) is 3.32. The van der Waals surface area contributed by atoms with Gasteiger partial charge in [-0.3, -0.25) is 9.78 Å². The fourth-order valence-electron chi connectivity index (χ4n) is 3.11. The molecule has 2 aromatic rings. The van der Waals surface area contributed by atoms with E-state index in [0.717, 1.165) is 37.1 Å². The molecule has 0 aliphatic carbocycles. The van der Waals surface area contributed by atoms with E-state index >= 15 is 0 Å². The standard InChI is InChI=1S/C19H21FN2O/c1-14-4-5-15(10-18(14)20)9-17-6-8-22(13-17)19(23)11-16-3-2-7-21-12-16/h2-5,7,10,12,17H,6,8-9,11,13H2,1H3. The first-order valence-corrected chi connectivity index (χ1v) is 8.03. The van der Waals surface area contributed by atoms with Crippen LogP contribution in [0.1, 0.15) is 23.1 Å². The lowest BCUT2D eigenvalue weighted by Gasteiger charge is -2.16. The van der Waals surface area contributed by atoms with Crippen molar-refractivity contribution in [3.05, 3.63) is 65.2 Å². The summed E-state index contributed by atoms with van der Waals surface area (Å²) in [7, 11) is 0. The van der Waals surface area contributed by atoms with Crippen LogP contribution >= 0.6 is 0 Å². The Balaban J connectivity index is 1.55. The van der Waals surface area contributed by atoms with Crippen LogP contribution in [0.5, 0.6) is 0 Å². The SMILES string of the molecule is Cc1ccc(CC2CCN(C(=O)Cc3cccnc3)C2)cc1F. The molecule has 3 rings (SSSR count). The molecule has 0 spiro atoms. The summed E-state index contributed by atoms with van der Waals surface area (Å²) in [6.07, 6.45) is 5.66. The first-order chi connectivity index (χ1) is 11.1. The topological polar surface area (TPSA) is 33.2 Å². The Morgan fingerprint density at radius 1 is 1.35 bits per heavy atom. The molecule has 1 atom stereocenters. The van der Waals surface area contributed by atoms with Crippen molar-refractivity contribution in [3.63, 3.8) is 0 Å². The smallest absolute Gasteiger partial charge is 0.227 e. The van der Waals surface area contributed by atoms with E-state index in [1.165, 1.54) is 0 Å². The third kappa shape index (κ3) is 3.95. The predicted molar refractivity (Wildman–Crippen MR) is 87.5 cm³/mol. The van der Waals surface area contributed by atoms with E-state index in [2.05, 4.69) is 4.98 Å². The zero-order chi connectivity index (χ0) is 16.2. The summed E-state index contributed by atoms with van der Waals surface area (Å²) in [5, 5.41) is 0. The minimum Gasteiger partial charge on any atom is -0.342 e. The minimum atomic E-state index is -0.148. The van der Waals surface area contributed by atoms with Crippen LogP contribution in [0.4, 0.5) is 4.39 Å². The highest BCUT2D eigenvalue weighted by molar-refractivity contribution is 5.78. The average molecular weight is 312 g/mol. The van der Waals surface area contributed by atoms with Gasteiger partial charge >= 0.3 is 0 Å². The summed E-state index contributed by atoms with van der Waals surface area (Å²) in [5.41, 5.74) is 2.63. The Morgan fingerprint density at radius 2 is 2.22 bits per heavy atom. The number of carbonyl (C=O) groups is 1. The van der Waals surface area contributed by atoms with E-state index in [0.29, 0.717) is 17.9 Å². The van der Waals surface area contributed by atoms with Crippen LogP contribution in [0.25, 0.3) is 0 Å². The molecule has 4 heteroatoms. The van der Waals surface area contributed by atoms with Crippen molar-refractivity contribution in [2.45, 2.75) is 26.2 Å². The molecule has 3 nitrogen and oxygen atoms in total. The van der Waals surface area contributed by atoms with Gasteiger partial charge in [-0.15, -0.1) is 0 Å². The molecular formula is C19H21FN2O. The lowest BCUT2D eigenvalue weighted by molar-refractivity contribution is -0.129. The maximum atomic E-state index is 13.6. The highest BCUT2D eigenvalue weighted by Crippen LogP contribution is 2.22. The number of hydrogen-bond acceptors (Lipinski definition) is 2. The van der Waals surface area contributed by atoms with Crippen molar-refractivity contribution in [2.75, 3.05) is 13.1 Å². The second kappa shape index (κ2) is 6.90. The number of nitrogens with zero attached hydrogens (tertiary/aromatic N) is 2. The molecule has 120 valence electrons. The first kappa shape index (κ1) is 15.7. The second-order valence-electron chi connectivity index (χ2n) is 6.32. The molecule has 1 unspecified atom stereocenters. The number of rotatable bonds is 4. The van der Waals surface area contributed by atoms with E-state index in [-0.39, 0.29) is 11.7 Å². The molecule has 2 heterocycles. The fraction of sp³-hybridized carbons (Fsp3) is 0.368. The molecule has 1 amide bonds. The van der Waals surface area contributed by atoms with Gasteiger partial charge in [0.15, 0.2) is 0 Å². The highest BCUT2D eigenvalue weighted by atomic mass is 19.1. The van der Waals surface area contributed by atoms with Gasteiger partial charge in [-0.1, -0.05) is 18.2 Å². The van der Waals surface area contributed by atoms with Crippen LogP contribution in [0.15, 0.2) is 42.7 Å². The second-order valence-corrected chi connectivity index (χ2v) is 6.32. The molecule has 0 N–H and O–H groups in total. The molecule has 1 aliphatic rings. The number of aryl methyl sites for hydroxylation is 1. The molecule has 0 saturated carbocycles. The molecule has 1 aromatic heterocycles. The molecular weight excluding hydrogens is 291 g/mol. The number of aromatic nitrogens is 1. The Bertz CT molecular complexity index is 687. The Morgan fingerprint density at radius 3 is 2.96 bits per heavy atom. The molecule has 0 bridgehead atoms. The minimum absolute atomic E-state index is 0.148. The van der Waals surface area contributed by atoms with Gasteiger partial charge in [-0.25, -0.2) is 4.39 Å². The number of halogens is 1. The summed E-state index contributed by atoms with van der Waals surface area (Å²) in [6, 6.07) is 9.20. The maximum Gasteiger partial charge on any atom is 0.227 e. The number of amides is 1. The lowest BCUT2D eigenvalue weighted by Crippen LogP contribution is -2.30. The average Bonchev–Trinajstić information content (AvgIpc) is 3.01. The molecule has 1 aliphatic heterocycles. The van der Waals surface area contributed by atoms with Crippen molar-refractivity contribution in [2.24, 2.45) is 5.92 Å². The van der Waals surface area contributed by atoms with Gasteiger partial charge in [0.1, 0.15) is 5.82 Å². The van der Waals surface area contributed by atoms with Crippen LogP contribution < -0.4 is 0 Å². The van der Waals surface area contributed by atoms with Gasteiger partial charge in [-0.05, 0) is 54.5 Å². The largest absolute Gasteiger partial charge is 0.342 e. The van der Waals surface area contributed by atoms with Crippen LogP contribution in [0.2, 0.25) is 0 Å². The predicted octanol–water partition coefficient (Wildman–Crippen LogP) is 3.16. The van der Waals surface area contributed by atoms with Crippen LogP contribution in [-0.2, 0) is 17.6 Å². The Labute approximate surface area is 136 Å². The Kier molecular flexibility index (Phi) is 4.70. The third-order valence-electron chi connectivity index (χ3n) is 4.48. The van der Waals surface area contributed by atoms with E-state index in [4.69, 9.17) is 0 Å². The molecule has 23 heavy (non-hydrogen) atoms. The van der Waals surface area contributed by atoms with Gasteiger partial charge < -0.3 is 4.90 Å². The van der Waals surface area contributed by atoms with Gasteiger partial charge in [0.25, 0.3) is 0 Å². The van der Waals surface area contributed by atoms with E-state index in [9.17, 15) is 9.18 Å². The van der Waals surface area contributed by atoms with Crippen molar-refractivity contribution < 1.29 is 9.18 Å². The van der Waals surface area contributed by atoms with Crippen LogP contribution in [0.3, 0.4) is 0 Å². The van der Waals surface area contributed by atoms with Crippen LogP contribution in [0, 0.1) is 18.7 Å². The number of hydrogen-bond donors (Lipinski definition) is 0. The number of carbonyl (C=O) groups excluding carboxylic acids is 1. The zero-order valence-corrected chi connectivity index (χ0v) is 13.3. The van der Waals surface area contributed by atoms with E-state index in [1.807, 2.05) is 29.2 Å². The number of pyridine rings is 1. The monoisotopic (exact) mass is 312 g/mol. The number of likely N-dealkylation sites (tertiary alicyclic amines) is 1. The van der Waals surface area contributed by atoms with Crippen LogP contribution in [-0.4, -0.2) is 28.9 Å². The lowest BCUT2D eigenvalue weighted by atomic mass is 9.98. The number of benzene rings is 1. The van der Waals surface area contributed by atoms with Gasteiger partial charge in [-0.2, -0.15) is 0 Å². The van der Waals surface area contributed by atoms with Crippen molar-refractivity contribution in [1.82, 2.24) is 9.88 Å². The summed E-state index contributed by atoms with van der Waals surface area (Å²) in [5.74, 6) is 0.413. The van der Waals surface area contributed by atoms with E-state index in [1.54, 1.807) is 25.4 Å². The fourth-order valence-corrected chi connectivity index (χ4v) is 3.11. The van der Waals surface area contributed by atoms with Gasteiger partial charge in [0, 0.05) is 25.5 Å². The van der Waals surface area contributed by atoms with Crippen molar-refractivity contribution in [1.29, 1.82) is 0 Å². The maximum absolute atomic E-state index is 13.6. The normalized spacial score (nSPS) is 17.5. The van der Waals surface area contributed by atoms with Crippen molar-refractivity contribution in [3.8, 4) is 0 Å². The summed E-state index contributed by atoms with van der Waals surface area (Å²) in [4.78, 5) is 18.3. The van der Waals surface area contributed by atoms with Crippen molar-refractivity contribution >= 4 is 5.91 Å². The molecule has 1 saturated heterocycles. The summed E-state index contributed by atoms with van der Waals surface area (Å²) < 4.78 is 13.6. The molecule has 1 aromatic carbocycles. The molecule has 0 radical (unpaired) electrons. The summed E-state index contributed by atoms with van der Waals surface area (Å²) >= 11 is 0. The van der Waals surface area contributed by atoms with E-state index < -0.39 is 0 Å². The van der Waals surface area contributed by atoms with Gasteiger partial charge in [0.05, 0.1) is 6.42 Å². The molecule has 1 fully saturated rings. The zero-order valence-electron chi connectivity index (χ0n) is 13.3. The highest BCUT2D eigenvalue weighted by Gasteiger charge is 2.26. The third-order valence-corrected chi connectivity index (χ3v) is 4.48. The quantitative estimate of drug-likeness (QED) is 0.869. The van der Waals surface area contributed by atoms with Gasteiger partial charge in [0.2, 0.25) is 5.91 Å². The Hall–Kier alpha value is -2.23. The first-order valence-electron chi connectivity index (χ1n) is 8.03.